The van der Waals surface area contributed by atoms with Gasteiger partial charge in [-0.2, -0.15) is 8.42 Å². The van der Waals surface area contributed by atoms with Gasteiger partial charge in [0, 0.05) is 0 Å². The van der Waals surface area contributed by atoms with E-state index in [0.29, 0.717) is 0 Å². The molecule has 0 aromatic rings. The molecule has 15 heavy (non-hydrogen) atoms. The summed E-state index contributed by atoms with van der Waals surface area (Å²) in [5.74, 6) is -3.66. The summed E-state index contributed by atoms with van der Waals surface area (Å²) >= 11 is 0. The summed E-state index contributed by atoms with van der Waals surface area (Å²) in [6.45, 7) is 1.55. The highest BCUT2D eigenvalue weighted by Crippen LogP contribution is 2.16. The lowest BCUT2D eigenvalue weighted by Gasteiger charge is -2.04. The van der Waals surface area contributed by atoms with Gasteiger partial charge in [0.25, 0.3) is 0 Å². The molecule has 7 nitrogen and oxygen atoms in total. The van der Waals surface area contributed by atoms with Crippen molar-refractivity contribution in [3.63, 3.8) is 0 Å². The van der Waals surface area contributed by atoms with Crippen LogP contribution in [0.25, 0.3) is 0 Å². The van der Waals surface area contributed by atoms with Crippen LogP contribution in [0, 0.1) is 0 Å². The largest absolute Gasteiger partial charge is 0.478 e. The maximum Gasteiger partial charge on any atom is 0.350 e. The first-order chi connectivity index (χ1) is 6.71. The summed E-state index contributed by atoms with van der Waals surface area (Å²) in [6, 6.07) is 0. The van der Waals surface area contributed by atoms with Crippen LogP contribution in [-0.4, -0.2) is 35.1 Å². The zero-order chi connectivity index (χ0) is 12.2. The fraction of sp³-hybridized carbons (Fsp3) is 0.429. The Labute approximate surface area is 85.8 Å². The lowest BCUT2D eigenvalue weighted by molar-refractivity contribution is -0.135. The van der Waals surface area contributed by atoms with Crippen LogP contribution >= 0.6 is 0 Å². The van der Waals surface area contributed by atoms with Gasteiger partial charge in [0.05, 0.1) is 5.57 Å². The van der Waals surface area contributed by atoms with Crippen molar-refractivity contribution in [2.45, 2.75) is 19.8 Å². The van der Waals surface area contributed by atoms with Crippen LogP contribution in [0.5, 0.6) is 0 Å². The van der Waals surface area contributed by atoms with Crippen LogP contribution in [0.1, 0.15) is 19.8 Å². The standard InChI is InChI=1S/C7H10O7S/c1-2-3-4(6(8)9)5(7(10)11)15(12,13)14/h2-3H2,1H3,(H,8,9)(H,10,11)(H,12,13,14). The van der Waals surface area contributed by atoms with Crippen LogP contribution < -0.4 is 0 Å². The Balaban J connectivity index is 5.80. The zero-order valence-electron chi connectivity index (χ0n) is 7.80. The molecule has 0 aromatic heterocycles. The number of hydrogen-bond donors (Lipinski definition) is 3. The van der Waals surface area contributed by atoms with Crippen molar-refractivity contribution >= 4 is 22.1 Å². The van der Waals surface area contributed by atoms with Crippen molar-refractivity contribution in [1.82, 2.24) is 0 Å². The van der Waals surface area contributed by atoms with Gasteiger partial charge in [-0.25, -0.2) is 9.59 Å². The van der Waals surface area contributed by atoms with Crippen molar-refractivity contribution in [2.24, 2.45) is 0 Å². The third-order valence-electron chi connectivity index (χ3n) is 1.48. The summed E-state index contributed by atoms with van der Waals surface area (Å²) in [5, 5.41) is 17.1. The van der Waals surface area contributed by atoms with Gasteiger partial charge in [-0.15, -0.1) is 0 Å². The lowest BCUT2D eigenvalue weighted by atomic mass is 10.1. The normalized spacial score (nSPS) is 13.2. The van der Waals surface area contributed by atoms with Gasteiger partial charge >= 0.3 is 22.1 Å². The van der Waals surface area contributed by atoms with E-state index in [4.69, 9.17) is 14.8 Å². The number of rotatable bonds is 5. The Kier molecular flexibility index (Phi) is 4.43. The number of hydrogen-bond acceptors (Lipinski definition) is 4. The molecule has 0 fully saturated rings. The highest BCUT2D eigenvalue weighted by Gasteiger charge is 2.29. The molecule has 0 spiro atoms. The summed E-state index contributed by atoms with van der Waals surface area (Å²) < 4.78 is 29.9. The molecule has 3 N–H and O–H groups in total. The van der Waals surface area contributed by atoms with Gasteiger partial charge in [0.1, 0.15) is 0 Å². The number of carboxylic acid groups (broad SMARTS) is 2. The molecule has 86 valence electrons. The molecule has 0 unspecified atom stereocenters. The molecule has 0 aliphatic rings. The highest BCUT2D eigenvalue weighted by molar-refractivity contribution is 7.90. The average molecular weight is 238 g/mol. The van der Waals surface area contributed by atoms with E-state index < -0.39 is 32.5 Å². The van der Waals surface area contributed by atoms with Crippen LogP contribution in [-0.2, 0) is 19.7 Å². The summed E-state index contributed by atoms with van der Waals surface area (Å²) in [4.78, 5) is 19.6. The average Bonchev–Trinajstić information content (AvgIpc) is 1.99. The van der Waals surface area contributed by atoms with Crippen molar-refractivity contribution in [3.05, 3.63) is 10.5 Å². The van der Waals surface area contributed by atoms with Gasteiger partial charge in [-0.05, 0) is 6.42 Å². The summed E-state index contributed by atoms with van der Waals surface area (Å²) in [7, 11) is -5.03. The molecule has 0 rings (SSSR count). The van der Waals surface area contributed by atoms with E-state index in [-0.39, 0.29) is 12.8 Å². The monoisotopic (exact) mass is 238 g/mol. The molecule has 0 saturated heterocycles. The minimum atomic E-state index is -5.03. The quantitative estimate of drug-likeness (QED) is 0.457. The maximum atomic E-state index is 10.6. The molecular formula is C7H10O7S. The number of aliphatic carboxylic acids is 2. The van der Waals surface area contributed by atoms with E-state index in [2.05, 4.69) is 0 Å². The molecule has 0 bridgehead atoms. The Morgan fingerprint density at radius 2 is 1.60 bits per heavy atom. The predicted molar refractivity (Wildman–Crippen MR) is 48.8 cm³/mol. The number of carboxylic acids is 2. The van der Waals surface area contributed by atoms with E-state index in [1.807, 2.05) is 0 Å². The molecule has 8 heteroatoms. The van der Waals surface area contributed by atoms with Crippen molar-refractivity contribution in [1.29, 1.82) is 0 Å². The van der Waals surface area contributed by atoms with Gasteiger partial charge in [0.2, 0.25) is 0 Å². The molecule has 0 radical (unpaired) electrons. The molecule has 0 aliphatic heterocycles. The van der Waals surface area contributed by atoms with Crippen molar-refractivity contribution in [2.75, 3.05) is 0 Å². The van der Waals surface area contributed by atoms with Crippen LogP contribution in [0.15, 0.2) is 10.5 Å². The highest BCUT2D eigenvalue weighted by atomic mass is 32.2. The smallest absolute Gasteiger partial charge is 0.350 e. The van der Waals surface area contributed by atoms with Crippen LogP contribution in [0.4, 0.5) is 0 Å². The first-order valence-corrected chi connectivity index (χ1v) is 5.33. The minimum absolute atomic E-state index is 0.244. The van der Waals surface area contributed by atoms with E-state index in [1.165, 1.54) is 0 Å². The molecule has 0 aromatic carbocycles. The molecule has 0 amide bonds. The topological polar surface area (TPSA) is 129 Å². The van der Waals surface area contributed by atoms with Gasteiger partial charge < -0.3 is 10.2 Å². The zero-order valence-corrected chi connectivity index (χ0v) is 8.61. The Hall–Kier alpha value is -1.41. The first kappa shape index (κ1) is 13.6. The van der Waals surface area contributed by atoms with Crippen LogP contribution in [0.2, 0.25) is 0 Å². The van der Waals surface area contributed by atoms with E-state index in [9.17, 15) is 18.0 Å². The molecule has 0 heterocycles. The van der Waals surface area contributed by atoms with Gasteiger partial charge in [0.15, 0.2) is 4.91 Å². The third kappa shape index (κ3) is 3.68. The Morgan fingerprint density at radius 3 is 1.80 bits per heavy atom. The Morgan fingerprint density at radius 1 is 1.13 bits per heavy atom. The minimum Gasteiger partial charge on any atom is -0.478 e. The Bertz CT molecular complexity index is 403. The fourth-order valence-corrected chi connectivity index (χ4v) is 1.68. The SMILES string of the molecule is CCCC(C(=O)O)=C(C(=O)O)S(=O)(=O)O. The molecule has 0 saturated carbocycles. The molecule has 0 atom stereocenters. The van der Waals surface area contributed by atoms with E-state index in [1.54, 1.807) is 6.92 Å². The van der Waals surface area contributed by atoms with E-state index in [0.717, 1.165) is 0 Å². The van der Waals surface area contributed by atoms with E-state index >= 15 is 0 Å². The second kappa shape index (κ2) is 4.89. The van der Waals surface area contributed by atoms with Gasteiger partial charge in [-0.1, -0.05) is 13.3 Å². The third-order valence-corrected chi connectivity index (χ3v) is 2.42. The fourth-order valence-electron chi connectivity index (χ4n) is 0.963. The second-order valence-corrected chi connectivity index (χ2v) is 4.00. The summed E-state index contributed by atoms with van der Waals surface area (Å²) in [5.41, 5.74) is -0.826. The summed E-state index contributed by atoms with van der Waals surface area (Å²) in [6.07, 6.45) is -0.00924. The van der Waals surface area contributed by atoms with Gasteiger partial charge in [-0.3, -0.25) is 4.55 Å². The predicted octanol–water partition coefficient (Wildman–Crippen LogP) is 0.0976. The maximum absolute atomic E-state index is 10.6. The molecular weight excluding hydrogens is 228 g/mol. The van der Waals surface area contributed by atoms with Crippen molar-refractivity contribution in [3.8, 4) is 0 Å². The van der Waals surface area contributed by atoms with Crippen LogP contribution in [0.3, 0.4) is 0 Å². The second-order valence-electron chi connectivity index (χ2n) is 2.64. The molecule has 0 aliphatic carbocycles. The first-order valence-electron chi connectivity index (χ1n) is 3.89. The van der Waals surface area contributed by atoms with Crippen molar-refractivity contribution < 1.29 is 32.8 Å². The number of carbonyl (C=O) groups is 2. The lowest BCUT2D eigenvalue weighted by Crippen LogP contribution is -2.18.